The van der Waals surface area contributed by atoms with Gasteiger partial charge in [0.05, 0.1) is 22.7 Å². The van der Waals surface area contributed by atoms with Crippen LogP contribution < -0.4 is 0 Å². The van der Waals surface area contributed by atoms with E-state index in [0.717, 1.165) is 5.56 Å². The molecule has 2 aromatic carbocycles. The van der Waals surface area contributed by atoms with Crippen molar-refractivity contribution < 1.29 is 14.3 Å². The first kappa shape index (κ1) is 20.7. The van der Waals surface area contributed by atoms with E-state index in [1.165, 1.54) is 13.2 Å². The zero-order valence-electron chi connectivity index (χ0n) is 14.4. The quantitative estimate of drug-likeness (QED) is 0.476. The number of hydrogen-bond acceptors (Lipinski definition) is 4. The fourth-order valence-corrected chi connectivity index (χ4v) is 3.46. The Morgan fingerprint density at radius 1 is 1.19 bits per heavy atom. The first-order valence-corrected chi connectivity index (χ1v) is 8.98. The van der Waals surface area contributed by atoms with Crippen LogP contribution >= 0.6 is 34.8 Å². The molecule has 0 aliphatic rings. The molecule has 0 saturated carbocycles. The molecule has 0 aromatic heterocycles. The van der Waals surface area contributed by atoms with Gasteiger partial charge in [-0.2, -0.15) is 0 Å². The standard InChI is InChI=1S/C19H18Cl3NO3/c1-23(10-12-3-5-14(20)6-4-12)8-7-15-13(11-24)9-16(21)17(18(15)22)19(25)26-2/h3-6,9,11H,7-8,10H2,1-2H3. The highest BCUT2D eigenvalue weighted by Crippen LogP contribution is 2.32. The maximum Gasteiger partial charge on any atom is 0.340 e. The molecule has 0 aliphatic heterocycles. The summed E-state index contributed by atoms with van der Waals surface area (Å²) in [6.07, 6.45) is 1.17. The number of nitrogens with zero attached hydrogens (tertiary/aromatic N) is 1. The number of aldehydes is 1. The van der Waals surface area contributed by atoms with Gasteiger partial charge in [-0.1, -0.05) is 46.9 Å². The molecule has 7 heteroatoms. The van der Waals surface area contributed by atoms with Gasteiger partial charge in [0.1, 0.15) is 6.29 Å². The van der Waals surface area contributed by atoms with Crippen molar-refractivity contribution in [2.24, 2.45) is 0 Å². The highest BCUT2D eigenvalue weighted by Gasteiger charge is 2.21. The summed E-state index contributed by atoms with van der Waals surface area (Å²) in [5, 5.41) is 0.948. The van der Waals surface area contributed by atoms with Crippen LogP contribution in [0.1, 0.15) is 31.8 Å². The number of halogens is 3. The third-order valence-electron chi connectivity index (χ3n) is 3.98. The number of rotatable bonds is 7. The van der Waals surface area contributed by atoms with Crippen molar-refractivity contribution in [2.75, 3.05) is 20.7 Å². The van der Waals surface area contributed by atoms with Crippen LogP contribution in [0.4, 0.5) is 0 Å². The molecule has 26 heavy (non-hydrogen) atoms. The topological polar surface area (TPSA) is 46.6 Å². The molecular weight excluding hydrogens is 397 g/mol. The molecule has 2 rings (SSSR count). The van der Waals surface area contributed by atoms with Gasteiger partial charge < -0.3 is 9.64 Å². The molecule has 2 aromatic rings. The predicted molar refractivity (Wildman–Crippen MR) is 105 cm³/mol. The predicted octanol–water partition coefficient (Wildman–Crippen LogP) is 4.92. The van der Waals surface area contributed by atoms with E-state index >= 15 is 0 Å². The first-order valence-electron chi connectivity index (χ1n) is 7.84. The molecule has 0 saturated heterocycles. The van der Waals surface area contributed by atoms with Crippen molar-refractivity contribution in [1.82, 2.24) is 4.90 Å². The summed E-state index contributed by atoms with van der Waals surface area (Å²) in [6.45, 7) is 1.34. The Bertz CT molecular complexity index is 807. The minimum atomic E-state index is -0.631. The molecule has 0 heterocycles. The van der Waals surface area contributed by atoms with E-state index in [-0.39, 0.29) is 15.6 Å². The number of carbonyl (C=O) groups excluding carboxylic acids is 2. The lowest BCUT2D eigenvalue weighted by atomic mass is 10.0. The van der Waals surface area contributed by atoms with Crippen LogP contribution in [0.15, 0.2) is 30.3 Å². The van der Waals surface area contributed by atoms with Crippen LogP contribution in [0.3, 0.4) is 0 Å². The zero-order chi connectivity index (χ0) is 19.3. The lowest BCUT2D eigenvalue weighted by Gasteiger charge is -2.19. The summed E-state index contributed by atoms with van der Waals surface area (Å²) in [5.74, 6) is -0.631. The largest absolute Gasteiger partial charge is 0.465 e. The number of methoxy groups -OCH3 is 1. The normalized spacial score (nSPS) is 10.8. The minimum absolute atomic E-state index is 0.0804. The molecule has 0 bridgehead atoms. The number of hydrogen-bond donors (Lipinski definition) is 0. The Morgan fingerprint density at radius 3 is 2.42 bits per heavy atom. The minimum Gasteiger partial charge on any atom is -0.465 e. The molecule has 0 unspecified atom stereocenters. The number of carbonyl (C=O) groups is 2. The monoisotopic (exact) mass is 413 g/mol. The highest BCUT2D eigenvalue weighted by molar-refractivity contribution is 6.40. The van der Waals surface area contributed by atoms with E-state index in [1.807, 2.05) is 31.3 Å². The van der Waals surface area contributed by atoms with Crippen molar-refractivity contribution in [1.29, 1.82) is 0 Å². The van der Waals surface area contributed by atoms with Crippen molar-refractivity contribution in [3.05, 3.63) is 67.7 Å². The van der Waals surface area contributed by atoms with Crippen LogP contribution in [0.5, 0.6) is 0 Å². The van der Waals surface area contributed by atoms with Crippen LogP contribution in [0.2, 0.25) is 15.1 Å². The van der Waals surface area contributed by atoms with Crippen LogP contribution in [-0.2, 0) is 17.7 Å². The average Bonchev–Trinajstić information content (AvgIpc) is 2.62. The van der Waals surface area contributed by atoms with E-state index in [0.29, 0.717) is 41.9 Å². The van der Waals surface area contributed by atoms with Gasteiger partial charge in [0, 0.05) is 23.7 Å². The van der Waals surface area contributed by atoms with Gasteiger partial charge >= 0.3 is 5.97 Å². The van der Waals surface area contributed by atoms with E-state index in [1.54, 1.807) is 0 Å². The van der Waals surface area contributed by atoms with Crippen LogP contribution in [-0.4, -0.2) is 37.9 Å². The molecule has 0 N–H and O–H groups in total. The van der Waals surface area contributed by atoms with Crippen LogP contribution in [0, 0.1) is 0 Å². The third-order valence-corrected chi connectivity index (χ3v) is 4.95. The number of esters is 1. The van der Waals surface area contributed by atoms with Gasteiger partial charge in [-0.25, -0.2) is 4.79 Å². The second-order valence-electron chi connectivity index (χ2n) is 5.84. The maximum absolute atomic E-state index is 11.9. The van der Waals surface area contributed by atoms with Crippen LogP contribution in [0.25, 0.3) is 0 Å². The molecule has 0 amide bonds. The maximum atomic E-state index is 11.9. The van der Waals surface area contributed by atoms with Crippen molar-refractivity contribution in [3.63, 3.8) is 0 Å². The average molecular weight is 415 g/mol. The van der Waals surface area contributed by atoms with Crippen molar-refractivity contribution >= 4 is 47.1 Å². The lowest BCUT2D eigenvalue weighted by molar-refractivity contribution is 0.0600. The molecule has 0 radical (unpaired) electrons. The van der Waals surface area contributed by atoms with Gasteiger partial charge in [0.15, 0.2) is 0 Å². The lowest BCUT2D eigenvalue weighted by Crippen LogP contribution is -2.21. The molecule has 138 valence electrons. The van der Waals surface area contributed by atoms with E-state index in [2.05, 4.69) is 4.90 Å². The Kier molecular flexibility index (Phi) is 7.47. The number of ether oxygens (including phenoxy) is 1. The smallest absolute Gasteiger partial charge is 0.340 e. The van der Waals surface area contributed by atoms with E-state index in [9.17, 15) is 9.59 Å². The van der Waals surface area contributed by atoms with Crippen molar-refractivity contribution in [3.8, 4) is 0 Å². The fourth-order valence-electron chi connectivity index (χ4n) is 2.61. The molecule has 0 atom stereocenters. The summed E-state index contributed by atoms with van der Waals surface area (Å²) in [4.78, 5) is 25.4. The summed E-state index contributed by atoms with van der Waals surface area (Å²) in [6, 6.07) is 9.05. The molecule has 0 fully saturated rings. The Morgan fingerprint density at radius 2 is 1.85 bits per heavy atom. The van der Waals surface area contributed by atoms with E-state index < -0.39 is 5.97 Å². The number of benzene rings is 2. The zero-order valence-corrected chi connectivity index (χ0v) is 16.7. The Labute approximate surface area is 167 Å². The van der Waals surface area contributed by atoms with Gasteiger partial charge in [-0.3, -0.25) is 4.79 Å². The number of likely N-dealkylation sites (N-methyl/N-ethyl adjacent to an activating group) is 1. The van der Waals surface area contributed by atoms with Gasteiger partial charge in [0.2, 0.25) is 0 Å². The molecule has 4 nitrogen and oxygen atoms in total. The second-order valence-corrected chi connectivity index (χ2v) is 7.06. The Hall–Kier alpha value is -1.59. The van der Waals surface area contributed by atoms with Gasteiger partial charge in [0.25, 0.3) is 0 Å². The van der Waals surface area contributed by atoms with Crippen molar-refractivity contribution in [2.45, 2.75) is 13.0 Å². The van der Waals surface area contributed by atoms with E-state index in [4.69, 9.17) is 39.5 Å². The highest BCUT2D eigenvalue weighted by atomic mass is 35.5. The van der Waals surface area contributed by atoms with Gasteiger partial charge in [-0.05, 0) is 42.8 Å². The Balaban J connectivity index is 2.18. The molecule has 0 spiro atoms. The molecule has 0 aliphatic carbocycles. The summed E-state index contributed by atoms with van der Waals surface area (Å²) in [7, 11) is 3.21. The SMILES string of the molecule is COC(=O)c1c(Cl)cc(C=O)c(CCN(C)Cc2ccc(Cl)cc2)c1Cl. The summed E-state index contributed by atoms with van der Waals surface area (Å²) in [5.41, 5.74) is 2.14. The summed E-state index contributed by atoms with van der Waals surface area (Å²) >= 11 is 18.3. The fraction of sp³-hybridized carbons (Fsp3) is 0.263. The third kappa shape index (κ3) is 4.98. The summed E-state index contributed by atoms with van der Waals surface area (Å²) < 4.78 is 4.72. The first-order chi connectivity index (χ1) is 12.4. The second kappa shape index (κ2) is 9.38. The van der Waals surface area contributed by atoms with Gasteiger partial charge in [-0.15, -0.1) is 0 Å². The molecular formula is C19H18Cl3NO3.